The standard InChI is InChI=1S/C15H24FN3OS.HI/c1-3-20-10-8-18-15(17-2)19-9-11-21-12-13-6-4-5-7-14(13)16;/h4-7H,3,8-12H2,1-2H3,(H2,17,18,19);1H. The molecule has 0 aromatic heterocycles. The monoisotopic (exact) mass is 441 g/mol. The van der Waals surface area contributed by atoms with Gasteiger partial charge < -0.3 is 15.4 Å². The van der Waals surface area contributed by atoms with Crippen LogP contribution < -0.4 is 10.6 Å². The molecule has 0 radical (unpaired) electrons. The number of benzene rings is 1. The van der Waals surface area contributed by atoms with Crippen LogP contribution in [0.25, 0.3) is 0 Å². The van der Waals surface area contributed by atoms with Crippen molar-refractivity contribution in [1.29, 1.82) is 0 Å². The van der Waals surface area contributed by atoms with Gasteiger partial charge in [0.15, 0.2) is 5.96 Å². The van der Waals surface area contributed by atoms with E-state index in [1.807, 2.05) is 19.1 Å². The van der Waals surface area contributed by atoms with E-state index in [2.05, 4.69) is 15.6 Å². The Morgan fingerprint density at radius 1 is 1.27 bits per heavy atom. The van der Waals surface area contributed by atoms with Gasteiger partial charge in [0.1, 0.15) is 5.82 Å². The lowest BCUT2D eigenvalue weighted by Crippen LogP contribution is -2.39. The van der Waals surface area contributed by atoms with Crippen LogP contribution in [0.5, 0.6) is 0 Å². The molecule has 0 heterocycles. The van der Waals surface area contributed by atoms with Crippen LogP contribution in [0.3, 0.4) is 0 Å². The van der Waals surface area contributed by atoms with Gasteiger partial charge in [-0.2, -0.15) is 11.8 Å². The van der Waals surface area contributed by atoms with Gasteiger partial charge in [-0.3, -0.25) is 4.99 Å². The number of aliphatic imine (C=N–C) groups is 1. The van der Waals surface area contributed by atoms with Crippen LogP contribution in [0, 0.1) is 5.82 Å². The Hall–Kier alpha value is -0.540. The highest BCUT2D eigenvalue weighted by molar-refractivity contribution is 14.0. The Kier molecular flexibility index (Phi) is 13.7. The Morgan fingerprint density at radius 2 is 2.00 bits per heavy atom. The second-order valence-electron chi connectivity index (χ2n) is 4.27. The average molecular weight is 441 g/mol. The maximum Gasteiger partial charge on any atom is 0.191 e. The number of nitrogens with one attached hydrogen (secondary N) is 2. The molecule has 0 aliphatic carbocycles. The fraction of sp³-hybridized carbons (Fsp3) is 0.533. The van der Waals surface area contributed by atoms with Gasteiger partial charge in [-0.25, -0.2) is 4.39 Å². The first-order valence-electron chi connectivity index (χ1n) is 7.11. The van der Waals surface area contributed by atoms with Gasteiger partial charge in [-0.05, 0) is 18.6 Å². The maximum absolute atomic E-state index is 13.4. The minimum atomic E-state index is -0.133. The summed E-state index contributed by atoms with van der Waals surface area (Å²) >= 11 is 1.69. The van der Waals surface area contributed by atoms with Gasteiger partial charge >= 0.3 is 0 Å². The van der Waals surface area contributed by atoms with Crippen LogP contribution in [-0.4, -0.2) is 45.1 Å². The molecule has 1 aromatic carbocycles. The SMILES string of the molecule is CCOCCNC(=NC)NCCSCc1ccccc1F.I. The van der Waals surface area contributed by atoms with E-state index in [4.69, 9.17) is 4.74 Å². The first-order valence-corrected chi connectivity index (χ1v) is 8.26. The molecule has 0 spiro atoms. The molecular weight excluding hydrogens is 416 g/mol. The van der Waals surface area contributed by atoms with Crippen molar-refractivity contribution >= 4 is 41.7 Å². The molecule has 0 amide bonds. The van der Waals surface area contributed by atoms with Crippen LogP contribution in [0.1, 0.15) is 12.5 Å². The van der Waals surface area contributed by atoms with Crippen molar-refractivity contribution in [2.45, 2.75) is 12.7 Å². The predicted molar refractivity (Wildman–Crippen MR) is 104 cm³/mol. The highest BCUT2D eigenvalue weighted by atomic mass is 127. The third-order valence-electron chi connectivity index (χ3n) is 2.72. The molecule has 0 saturated heterocycles. The van der Waals surface area contributed by atoms with Crippen molar-refractivity contribution in [2.24, 2.45) is 4.99 Å². The third kappa shape index (κ3) is 9.47. The molecule has 0 aliphatic rings. The Morgan fingerprint density at radius 3 is 2.68 bits per heavy atom. The molecule has 4 nitrogen and oxygen atoms in total. The first-order chi connectivity index (χ1) is 10.3. The topological polar surface area (TPSA) is 45.6 Å². The van der Waals surface area contributed by atoms with E-state index < -0.39 is 0 Å². The number of nitrogens with zero attached hydrogens (tertiary/aromatic N) is 1. The van der Waals surface area contributed by atoms with Crippen molar-refractivity contribution in [3.63, 3.8) is 0 Å². The van der Waals surface area contributed by atoms with Gasteiger partial charge in [0, 0.05) is 38.2 Å². The summed E-state index contributed by atoms with van der Waals surface area (Å²) in [5, 5.41) is 6.38. The predicted octanol–water partition coefficient (Wildman–Crippen LogP) is 2.88. The van der Waals surface area contributed by atoms with Crippen LogP contribution in [0.4, 0.5) is 4.39 Å². The maximum atomic E-state index is 13.4. The number of ether oxygens (including phenoxy) is 1. The van der Waals surface area contributed by atoms with Gasteiger partial charge in [-0.1, -0.05) is 18.2 Å². The zero-order valence-electron chi connectivity index (χ0n) is 13.1. The quantitative estimate of drug-likeness (QED) is 0.268. The Balaban J connectivity index is 0.00000441. The smallest absolute Gasteiger partial charge is 0.191 e. The number of guanidine groups is 1. The van der Waals surface area contributed by atoms with Crippen molar-refractivity contribution in [1.82, 2.24) is 10.6 Å². The molecule has 1 rings (SSSR count). The van der Waals surface area contributed by atoms with Crippen LogP contribution in [0.15, 0.2) is 29.3 Å². The lowest BCUT2D eigenvalue weighted by molar-refractivity contribution is 0.152. The molecular formula is C15H25FIN3OS. The molecule has 1 aromatic rings. The van der Waals surface area contributed by atoms with E-state index in [0.29, 0.717) is 12.4 Å². The van der Waals surface area contributed by atoms with Gasteiger partial charge in [0.25, 0.3) is 0 Å². The average Bonchev–Trinajstić information content (AvgIpc) is 2.50. The van der Waals surface area contributed by atoms with Crippen molar-refractivity contribution < 1.29 is 9.13 Å². The Labute approximate surface area is 153 Å². The van der Waals surface area contributed by atoms with Crippen molar-refractivity contribution in [2.75, 3.05) is 39.1 Å². The van der Waals surface area contributed by atoms with E-state index in [1.54, 1.807) is 24.9 Å². The van der Waals surface area contributed by atoms with E-state index >= 15 is 0 Å². The van der Waals surface area contributed by atoms with E-state index in [1.165, 1.54) is 6.07 Å². The summed E-state index contributed by atoms with van der Waals surface area (Å²) in [5.41, 5.74) is 0.752. The zero-order chi connectivity index (χ0) is 15.3. The molecule has 0 fully saturated rings. The van der Waals surface area contributed by atoms with Crippen molar-refractivity contribution in [3.05, 3.63) is 35.6 Å². The lowest BCUT2D eigenvalue weighted by atomic mass is 10.2. The summed E-state index contributed by atoms with van der Waals surface area (Å²) in [7, 11) is 1.74. The normalized spacial score (nSPS) is 11.0. The highest BCUT2D eigenvalue weighted by Crippen LogP contribution is 2.14. The van der Waals surface area contributed by atoms with Crippen LogP contribution >= 0.6 is 35.7 Å². The van der Waals surface area contributed by atoms with E-state index in [9.17, 15) is 4.39 Å². The number of rotatable bonds is 9. The number of hydrogen-bond donors (Lipinski definition) is 2. The molecule has 0 saturated carbocycles. The van der Waals surface area contributed by atoms with E-state index in [-0.39, 0.29) is 29.8 Å². The molecule has 2 N–H and O–H groups in total. The molecule has 22 heavy (non-hydrogen) atoms. The van der Waals surface area contributed by atoms with Crippen LogP contribution in [-0.2, 0) is 10.5 Å². The van der Waals surface area contributed by atoms with E-state index in [0.717, 1.165) is 37.0 Å². The number of hydrogen-bond acceptors (Lipinski definition) is 3. The first kappa shape index (κ1) is 21.5. The summed E-state index contributed by atoms with van der Waals surface area (Å²) in [5.74, 6) is 2.21. The summed E-state index contributed by atoms with van der Waals surface area (Å²) in [4.78, 5) is 4.13. The van der Waals surface area contributed by atoms with Gasteiger partial charge in [-0.15, -0.1) is 24.0 Å². The summed E-state index contributed by atoms with van der Waals surface area (Å²) in [6, 6.07) is 6.90. The molecule has 126 valence electrons. The fourth-order valence-corrected chi connectivity index (χ4v) is 2.49. The summed E-state index contributed by atoms with van der Waals surface area (Å²) in [6.07, 6.45) is 0. The molecule has 0 unspecified atom stereocenters. The summed E-state index contributed by atoms with van der Waals surface area (Å²) in [6.45, 7) is 4.88. The zero-order valence-corrected chi connectivity index (χ0v) is 16.2. The van der Waals surface area contributed by atoms with Gasteiger partial charge in [0.2, 0.25) is 0 Å². The van der Waals surface area contributed by atoms with Crippen LogP contribution in [0.2, 0.25) is 0 Å². The second-order valence-corrected chi connectivity index (χ2v) is 5.37. The minimum Gasteiger partial charge on any atom is -0.380 e. The number of thioether (sulfide) groups is 1. The second kappa shape index (κ2) is 14.1. The summed E-state index contributed by atoms with van der Waals surface area (Å²) < 4.78 is 18.7. The molecule has 7 heteroatoms. The Bertz CT molecular complexity index is 435. The molecule has 0 atom stereocenters. The molecule has 0 aliphatic heterocycles. The largest absolute Gasteiger partial charge is 0.380 e. The third-order valence-corrected chi connectivity index (χ3v) is 3.73. The lowest BCUT2D eigenvalue weighted by Gasteiger charge is -2.11. The number of halogens is 2. The van der Waals surface area contributed by atoms with Gasteiger partial charge in [0.05, 0.1) is 6.61 Å². The highest BCUT2D eigenvalue weighted by Gasteiger charge is 2.01. The molecule has 0 bridgehead atoms. The minimum absolute atomic E-state index is 0. The fourth-order valence-electron chi connectivity index (χ4n) is 1.65. The van der Waals surface area contributed by atoms with Crippen molar-refractivity contribution in [3.8, 4) is 0 Å².